The van der Waals surface area contributed by atoms with Gasteiger partial charge in [0.25, 0.3) is 0 Å². The van der Waals surface area contributed by atoms with Crippen LogP contribution in [-0.2, 0) is 19.1 Å². The largest absolute Gasteiger partial charge is 0.508 e. The molecule has 6 atom stereocenters. The lowest BCUT2D eigenvalue weighted by atomic mass is 9.85. The number of phenols is 1. The van der Waals surface area contributed by atoms with E-state index < -0.39 is 61.3 Å². The zero-order valence-corrected chi connectivity index (χ0v) is 21.7. The quantitative estimate of drug-likeness (QED) is 0.116. The minimum atomic E-state index is -2.57. The summed E-state index contributed by atoms with van der Waals surface area (Å²) in [4.78, 5) is 36.6. The summed E-state index contributed by atoms with van der Waals surface area (Å²) < 4.78 is 21.8. The van der Waals surface area contributed by atoms with Gasteiger partial charge in [-0.25, -0.2) is 0 Å². The van der Waals surface area contributed by atoms with Crippen molar-refractivity contribution in [1.29, 1.82) is 0 Å². The maximum Gasteiger partial charge on any atom is 0.321 e. The van der Waals surface area contributed by atoms with Crippen molar-refractivity contribution >= 4 is 22.9 Å². The van der Waals surface area contributed by atoms with E-state index in [9.17, 15) is 45.0 Å². The molecule has 6 unspecified atom stereocenters. The predicted molar refractivity (Wildman–Crippen MR) is 139 cm³/mol. The van der Waals surface area contributed by atoms with Crippen LogP contribution in [0.5, 0.6) is 11.5 Å². The lowest BCUT2D eigenvalue weighted by Gasteiger charge is -2.46. The fourth-order valence-electron chi connectivity index (χ4n) is 4.36. The van der Waals surface area contributed by atoms with Gasteiger partial charge in [0.2, 0.25) is 6.29 Å². The highest BCUT2D eigenvalue weighted by Crippen LogP contribution is 2.33. The number of carboxylic acids is 1. The maximum atomic E-state index is 13.0. The standard InChI is InChI=1S/C27H29NO13/c1-28-9-17(24(34)35)25(36)39-11-20-22(32)27(37,12-29)23(33)26(41-20)40-15-6-7-16-19(8-15)38-10-18(21(16)31)13-2-4-14(30)5-3-13/h2-8,10,17,20,22-23,26,28-30,32-33,37H,9,11-12H2,1H3,(H,34,35). The number of hydrogen-bond donors (Lipinski definition) is 7. The van der Waals surface area contributed by atoms with E-state index in [1.54, 1.807) is 12.1 Å². The first kappa shape index (κ1) is 29.9. The molecule has 0 spiro atoms. The van der Waals surface area contributed by atoms with E-state index in [2.05, 4.69) is 5.32 Å². The summed E-state index contributed by atoms with van der Waals surface area (Å²) in [7, 11) is 1.44. The molecule has 1 fully saturated rings. The molecule has 1 aromatic heterocycles. The van der Waals surface area contributed by atoms with Crippen LogP contribution in [-0.4, -0.2) is 99.6 Å². The zero-order valence-electron chi connectivity index (χ0n) is 21.7. The van der Waals surface area contributed by atoms with Crippen LogP contribution in [0.3, 0.4) is 0 Å². The summed E-state index contributed by atoms with van der Waals surface area (Å²) in [6.07, 6.45) is -5.98. The van der Waals surface area contributed by atoms with Crippen molar-refractivity contribution in [3.05, 3.63) is 59.0 Å². The summed E-state index contributed by atoms with van der Waals surface area (Å²) >= 11 is 0. The number of fused-ring (bicyclic) bond motifs is 1. The molecule has 14 nitrogen and oxygen atoms in total. The normalized spacial score (nSPS) is 25.0. The fraction of sp³-hybridized carbons (Fsp3) is 0.370. The Kier molecular flexibility index (Phi) is 8.92. The first-order valence-corrected chi connectivity index (χ1v) is 12.4. The van der Waals surface area contributed by atoms with Crippen LogP contribution in [0.4, 0.5) is 0 Å². The number of aliphatic carboxylic acids is 1. The lowest BCUT2D eigenvalue weighted by molar-refractivity contribution is -0.320. The average Bonchev–Trinajstić information content (AvgIpc) is 2.96. The topological polar surface area (TPSA) is 225 Å². The Balaban J connectivity index is 1.55. The molecule has 7 N–H and O–H groups in total. The Morgan fingerprint density at radius 1 is 1.12 bits per heavy atom. The van der Waals surface area contributed by atoms with Gasteiger partial charge in [0.05, 0.1) is 17.6 Å². The van der Waals surface area contributed by atoms with E-state index in [1.807, 2.05) is 0 Å². The minimum Gasteiger partial charge on any atom is -0.508 e. The Hall–Kier alpha value is -4.05. The van der Waals surface area contributed by atoms with Gasteiger partial charge >= 0.3 is 11.9 Å². The molecule has 220 valence electrons. The van der Waals surface area contributed by atoms with E-state index >= 15 is 0 Å². The average molecular weight is 576 g/mol. The number of benzene rings is 2. The number of carbonyl (C=O) groups is 2. The molecule has 2 aromatic carbocycles. The maximum absolute atomic E-state index is 13.0. The summed E-state index contributed by atoms with van der Waals surface area (Å²) in [6, 6.07) is 10.0. The van der Waals surface area contributed by atoms with Gasteiger partial charge in [-0.05, 0) is 36.9 Å². The number of nitrogens with one attached hydrogen (secondary N) is 1. The molecule has 1 aliphatic rings. The molecular weight excluding hydrogens is 546 g/mol. The monoisotopic (exact) mass is 575 g/mol. The minimum absolute atomic E-state index is 0.00877. The molecule has 14 heteroatoms. The highest BCUT2D eigenvalue weighted by atomic mass is 16.7. The molecule has 3 aromatic rings. The lowest BCUT2D eigenvalue weighted by Crippen LogP contribution is -2.69. The third kappa shape index (κ3) is 6.02. The molecule has 0 bridgehead atoms. The number of carboxylic acid groups (broad SMARTS) is 1. The van der Waals surface area contributed by atoms with Crippen LogP contribution in [0.2, 0.25) is 0 Å². The second-order valence-electron chi connectivity index (χ2n) is 9.46. The van der Waals surface area contributed by atoms with E-state index in [0.29, 0.717) is 5.56 Å². The second-order valence-corrected chi connectivity index (χ2v) is 9.46. The number of hydrogen-bond acceptors (Lipinski definition) is 13. The van der Waals surface area contributed by atoms with Crippen LogP contribution in [0.15, 0.2) is 57.9 Å². The Bertz CT molecular complexity index is 1460. The van der Waals surface area contributed by atoms with Crippen molar-refractivity contribution in [1.82, 2.24) is 5.32 Å². The van der Waals surface area contributed by atoms with Gasteiger partial charge in [-0.1, -0.05) is 12.1 Å². The van der Waals surface area contributed by atoms with Gasteiger partial charge < -0.3 is 54.6 Å². The molecule has 0 saturated carbocycles. The van der Waals surface area contributed by atoms with Crippen LogP contribution in [0.25, 0.3) is 22.1 Å². The summed E-state index contributed by atoms with van der Waals surface area (Å²) in [5.74, 6) is -4.11. The van der Waals surface area contributed by atoms with Crippen molar-refractivity contribution < 1.29 is 58.9 Å². The van der Waals surface area contributed by atoms with E-state index in [1.165, 1.54) is 43.6 Å². The third-order valence-corrected chi connectivity index (χ3v) is 6.75. The van der Waals surface area contributed by atoms with Crippen LogP contribution in [0.1, 0.15) is 0 Å². The van der Waals surface area contributed by atoms with Gasteiger partial charge in [-0.3, -0.25) is 14.4 Å². The third-order valence-electron chi connectivity index (χ3n) is 6.75. The fourth-order valence-corrected chi connectivity index (χ4v) is 4.36. The van der Waals surface area contributed by atoms with Gasteiger partial charge in [-0.2, -0.15) is 0 Å². The Labute approximate surface area is 231 Å². The second kappa shape index (κ2) is 12.2. The molecule has 0 radical (unpaired) electrons. The van der Waals surface area contributed by atoms with Crippen molar-refractivity contribution in [2.24, 2.45) is 5.92 Å². The molecule has 41 heavy (non-hydrogen) atoms. The smallest absolute Gasteiger partial charge is 0.321 e. The SMILES string of the molecule is CNCC(C(=O)O)C(=O)OCC1OC(Oc2ccc3c(=O)c(-c4ccc(O)cc4)coc3c2)C(O)C(O)(CO)C1O. The predicted octanol–water partition coefficient (Wildman–Crippen LogP) is -0.822. The molecule has 0 aliphatic carbocycles. The highest BCUT2D eigenvalue weighted by molar-refractivity contribution is 5.94. The van der Waals surface area contributed by atoms with Crippen molar-refractivity contribution in [2.75, 3.05) is 26.8 Å². The number of aliphatic hydroxyl groups is 4. The van der Waals surface area contributed by atoms with Crippen molar-refractivity contribution in [2.45, 2.75) is 30.2 Å². The number of aromatic hydroxyl groups is 1. The van der Waals surface area contributed by atoms with Gasteiger partial charge in [0.15, 0.2) is 11.3 Å². The Morgan fingerprint density at radius 3 is 2.46 bits per heavy atom. The van der Waals surface area contributed by atoms with Gasteiger partial charge in [-0.15, -0.1) is 0 Å². The van der Waals surface area contributed by atoms with Crippen LogP contribution < -0.4 is 15.5 Å². The molecular formula is C27H29NO13. The Morgan fingerprint density at radius 2 is 1.83 bits per heavy atom. The highest BCUT2D eigenvalue weighted by Gasteiger charge is 2.56. The number of phenolic OH excluding ortho intramolecular Hbond substituents is 1. The summed E-state index contributed by atoms with van der Waals surface area (Å²) in [5, 5.41) is 63.3. The van der Waals surface area contributed by atoms with E-state index in [4.69, 9.17) is 18.6 Å². The zero-order chi connectivity index (χ0) is 29.9. The molecule has 4 rings (SSSR count). The van der Waals surface area contributed by atoms with Gasteiger partial charge in [0, 0.05) is 12.6 Å². The molecule has 0 amide bonds. The van der Waals surface area contributed by atoms with Gasteiger partial charge in [0.1, 0.15) is 53.9 Å². The number of carbonyl (C=O) groups excluding carboxylic acids is 1. The van der Waals surface area contributed by atoms with E-state index in [0.717, 1.165) is 0 Å². The summed E-state index contributed by atoms with van der Waals surface area (Å²) in [5.41, 5.74) is -2.06. The number of rotatable bonds is 10. The number of esters is 1. The first-order chi connectivity index (χ1) is 19.5. The first-order valence-electron chi connectivity index (χ1n) is 12.4. The molecule has 1 saturated heterocycles. The van der Waals surface area contributed by atoms with Crippen LogP contribution >= 0.6 is 0 Å². The van der Waals surface area contributed by atoms with Crippen molar-refractivity contribution in [3.63, 3.8) is 0 Å². The molecule has 1 aliphatic heterocycles. The van der Waals surface area contributed by atoms with Crippen LogP contribution in [0, 0.1) is 5.92 Å². The number of aliphatic hydroxyl groups excluding tert-OH is 3. The number of ether oxygens (including phenoxy) is 3. The summed E-state index contributed by atoms with van der Waals surface area (Å²) in [6.45, 7) is -2.11. The van der Waals surface area contributed by atoms with E-state index in [-0.39, 0.29) is 40.0 Å². The van der Waals surface area contributed by atoms with Crippen molar-refractivity contribution in [3.8, 4) is 22.6 Å². The molecule has 2 heterocycles.